The summed E-state index contributed by atoms with van der Waals surface area (Å²) in [5.74, 6) is 1.46. The molecule has 0 aromatic rings. The molecule has 0 spiro atoms. The summed E-state index contributed by atoms with van der Waals surface area (Å²) < 4.78 is 0. The normalized spacial score (nSPS) is 16.2. The predicted molar refractivity (Wildman–Crippen MR) is 102 cm³/mol. The van der Waals surface area contributed by atoms with Crippen molar-refractivity contribution in [3.8, 4) is 0 Å². The van der Waals surface area contributed by atoms with Crippen LogP contribution in [0.25, 0.3) is 0 Å². The monoisotopic (exact) mass is 298 g/mol. The van der Waals surface area contributed by atoms with Crippen LogP contribution in [0.5, 0.6) is 0 Å². The molecule has 6 radical (unpaired) electrons. The third-order valence-corrected chi connectivity index (χ3v) is 4.48. The molecule has 3 heteroatoms. The molecule has 0 unspecified atom stereocenters. The highest BCUT2D eigenvalue weighted by atomic mass is 32.2. The van der Waals surface area contributed by atoms with Crippen LogP contribution in [0.4, 0.5) is 0 Å². The van der Waals surface area contributed by atoms with Crippen molar-refractivity contribution in [1.82, 2.24) is 0 Å². The summed E-state index contributed by atoms with van der Waals surface area (Å²) in [5, 5.41) is 0. The number of hydrogen-bond acceptors (Lipinski definition) is 1. The second-order valence-electron chi connectivity index (χ2n) is 6.00. The Kier molecular flexibility index (Phi) is 12.0. The fourth-order valence-corrected chi connectivity index (χ4v) is 2.66. The lowest BCUT2D eigenvalue weighted by Crippen LogP contribution is -1.90. The molecular weight excluding hydrogens is 270 g/mol. The summed E-state index contributed by atoms with van der Waals surface area (Å²) in [6.07, 6.45) is 13.5. The van der Waals surface area contributed by atoms with Crippen LogP contribution < -0.4 is 0 Å². The fourth-order valence-electron chi connectivity index (χ4n) is 2.14. The molecular formula is C18H28B2S. The first-order chi connectivity index (χ1) is 8.93. The molecule has 2 aliphatic carbocycles. The second-order valence-corrected chi connectivity index (χ2v) is 6.93. The van der Waals surface area contributed by atoms with Crippen LogP contribution in [-0.2, 0) is 0 Å². The van der Waals surface area contributed by atoms with Crippen molar-refractivity contribution in [3.05, 3.63) is 45.9 Å². The zero-order chi connectivity index (χ0) is 14.4. The zero-order valence-corrected chi connectivity index (χ0v) is 15.3. The van der Waals surface area contributed by atoms with E-state index in [-0.39, 0.29) is 16.8 Å². The van der Waals surface area contributed by atoms with Gasteiger partial charge in [0.05, 0.1) is 0 Å². The Bertz CT molecular complexity index is 426. The van der Waals surface area contributed by atoms with E-state index in [2.05, 4.69) is 65.2 Å². The van der Waals surface area contributed by atoms with Crippen LogP contribution in [0, 0.1) is 11.8 Å². The van der Waals surface area contributed by atoms with Gasteiger partial charge in [-0.25, -0.2) is 0 Å². The molecule has 0 heterocycles. The van der Waals surface area contributed by atoms with Gasteiger partial charge in [0.15, 0.2) is 0 Å². The van der Waals surface area contributed by atoms with E-state index >= 15 is 0 Å². The number of allylic oxidation sites excluding steroid dienone is 8. The SMILES string of the molecule is CC1=CC=C(C(C)C)C1.CSC1=CC=C(C(C)C)C1.[B].[B]. The lowest BCUT2D eigenvalue weighted by molar-refractivity contribution is 0.746. The highest BCUT2D eigenvalue weighted by Gasteiger charge is 2.09. The molecule has 0 bridgehead atoms. The first-order valence-corrected chi connectivity index (χ1v) is 8.46. The molecule has 0 amide bonds. The van der Waals surface area contributed by atoms with Gasteiger partial charge in [-0.2, -0.15) is 0 Å². The van der Waals surface area contributed by atoms with Crippen LogP contribution in [-0.4, -0.2) is 23.1 Å². The Morgan fingerprint density at radius 3 is 1.52 bits per heavy atom. The van der Waals surface area contributed by atoms with E-state index in [0.29, 0.717) is 0 Å². The summed E-state index contributed by atoms with van der Waals surface area (Å²) in [6.45, 7) is 11.2. The molecule has 0 saturated carbocycles. The maximum absolute atomic E-state index is 2.26. The first kappa shape index (κ1) is 22.7. The van der Waals surface area contributed by atoms with Gasteiger partial charge in [0.2, 0.25) is 0 Å². The van der Waals surface area contributed by atoms with Crippen LogP contribution >= 0.6 is 11.8 Å². The molecule has 0 nitrogen and oxygen atoms in total. The topological polar surface area (TPSA) is 0 Å². The Morgan fingerprint density at radius 1 is 0.810 bits per heavy atom. The fraction of sp³-hybridized carbons (Fsp3) is 0.556. The van der Waals surface area contributed by atoms with Crippen molar-refractivity contribution >= 4 is 28.6 Å². The molecule has 0 aromatic heterocycles. The second kappa shape index (κ2) is 11.1. The molecule has 0 saturated heterocycles. The van der Waals surface area contributed by atoms with Crippen molar-refractivity contribution in [1.29, 1.82) is 0 Å². The van der Waals surface area contributed by atoms with E-state index < -0.39 is 0 Å². The Balaban J connectivity index is 0. The minimum absolute atomic E-state index is 0. The maximum atomic E-state index is 2.26. The van der Waals surface area contributed by atoms with Gasteiger partial charge in [-0.15, -0.1) is 11.8 Å². The summed E-state index contributed by atoms with van der Waals surface area (Å²) in [6, 6.07) is 0. The Hall–Kier alpha value is -0.560. The lowest BCUT2D eigenvalue weighted by Gasteiger charge is -2.05. The minimum Gasteiger partial charge on any atom is -0.134 e. The van der Waals surface area contributed by atoms with Crippen LogP contribution in [0.2, 0.25) is 0 Å². The maximum Gasteiger partial charge on any atom is 0 e. The summed E-state index contributed by atoms with van der Waals surface area (Å²) >= 11 is 1.86. The molecule has 2 rings (SSSR count). The quantitative estimate of drug-likeness (QED) is 0.631. The molecule has 2 aliphatic rings. The van der Waals surface area contributed by atoms with Gasteiger partial charge in [-0.05, 0) is 42.8 Å². The average molecular weight is 298 g/mol. The standard InChI is InChI=1S/C9H14S.C9H14.2B/c1-7(2)8-4-5-9(6-8)10-3;1-7(2)9-5-4-8(3)6-9;;/h4-5,7H,6H2,1-3H3;4-5,7H,6H2,1-3H3;;. The van der Waals surface area contributed by atoms with E-state index in [0.717, 1.165) is 11.8 Å². The van der Waals surface area contributed by atoms with Crippen LogP contribution in [0.1, 0.15) is 47.5 Å². The predicted octanol–water partition coefficient (Wildman–Crippen LogP) is 5.38. The molecule has 0 N–H and O–H groups in total. The van der Waals surface area contributed by atoms with Crippen molar-refractivity contribution in [3.63, 3.8) is 0 Å². The third-order valence-electron chi connectivity index (χ3n) is 3.67. The highest BCUT2D eigenvalue weighted by molar-refractivity contribution is 8.02. The van der Waals surface area contributed by atoms with Crippen LogP contribution in [0.15, 0.2) is 45.9 Å². The molecule has 0 aromatic carbocycles. The van der Waals surface area contributed by atoms with Crippen molar-refractivity contribution in [2.45, 2.75) is 47.5 Å². The number of hydrogen-bond donors (Lipinski definition) is 0. The number of rotatable bonds is 3. The van der Waals surface area contributed by atoms with Gasteiger partial charge in [0.25, 0.3) is 0 Å². The molecule has 0 aliphatic heterocycles. The molecule has 112 valence electrons. The van der Waals surface area contributed by atoms with Gasteiger partial charge >= 0.3 is 0 Å². The largest absolute Gasteiger partial charge is 0.134 e. The van der Waals surface area contributed by atoms with E-state index in [9.17, 15) is 0 Å². The minimum atomic E-state index is 0. The van der Waals surface area contributed by atoms with E-state index in [1.54, 1.807) is 11.1 Å². The Morgan fingerprint density at radius 2 is 1.29 bits per heavy atom. The molecule has 0 atom stereocenters. The number of thioether (sulfide) groups is 1. The van der Waals surface area contributed by atoms with Crippen LogP contribution in [0.3, 0.4) is 0 Å². The smallest absolute Gasteiger partial charge is 0 e. The van der Waals surface area contributed by atoms with Gasteiger partial charge in [-0.3, -0.25) is 0 Å². The van der Waals surface area contributed by atoms with Gasteiger partial charge < -0.3 is 0 Å². The first-order valence-electron chi connectivity index (χ1n) is 7.23. The van der Waals surface area contributed by atoms with Crippen molar-refractivity contribution in [2.75, 3.05) is 6.26 Å². The van der Waals surface area contributed by atoms with E-state index in [4.69, 9.17) is 0 Å². The molecule has 0 fully saturated rings. The summed E-state index contributed by atoms with van der Waals surface area (Å²) in [5.41, 5.74) is 4.65. The van der Waals surface area contributed by atoms with Gasteiger partial charge in [0, 0.05) is 16.8 Å². The van der Waals surface area contributed by atoms with E-state index in [1.165, 1.54) is 23.3 Å². The van der Waals surface area contributed by atoms with Crippen molar-refractivity contribution in [2.24, 2.45) is 11.8 Å². The highest BCUT2D eigenvalue weighted by Crippen LogP contribution is 2.30. The Labute approximate surface area is 140 Å². The van der Waals surface area contributed by atoms with E-state index in [1.807, 2.05) is 11.8 Å². The summed E-state index contributed by atoms with van der Waals surface area (Å²) in [7, 11) is 0. The third kappa shape index (κ3) is 7.85. The zero-order valence-electron chi connectivity index (χ0n) is 14.4. The average Bonchev–Trinajstić information content (AvgIpc) is 2.97. The van der Waals surface area contributed by atoms with Gasteiger partial charge in [0.1, 0.15) is 0 Å². The summed E-state index contributed by atoms with van der Waals surface area (Å²) in [4.78, 5) is 1.50. The molecule has 21 heavy (non-hydrogen) atoms. The van der Waals surface area contributed by atoms with Gasteiger partial charge in [-0.1, -0.05) is 68.7 Å². The van der Waals surface area contributed by atoms with Crippen molar-refractivity contribution < 1.29 is 0 Å². The lowest BCUT2D eigenvalue weighted by atomic mass is 10.0.